The molecule has 6 nitrogen and oxygen atoms in total. The van der Waals surface area contributed by atoms with E-state index in [-0.39, 0.29) is 19.4 Å². The molecule has 1 unspecified atom stereocenters. The molecule has 6 heteroatoms. The molecule has 1 atom stereocenters. The molecule has 1 aromatic rings. The van der Waals surface area contributed by atoms with Crippen LogP contribution in [-0.2, 0) is 16.1 Å². The Kier molecular flexibility index (Phi) is 6.84. The lowest BCUT2D eigenvalue weighted by Gasteiger charge is -2.19. The number of carbonyl (C=O) groups is 2. The van der Waals surface area contributed by atoms with E-state index < -0.39 is 17.6 Å². The smallest absolute Gasteiger partial charge is 0.407 e. The van der Waals surface area contributed by atoms with Gasteiger partial charge in [0.1, 0.15) is 6.61 Å². The quantitative estimate of drug-likeness (QED) is 0.496. The summed E-state index contributed by atoms with van der Waals surface area (Å²) in [5.41, 5.74) is 4.54. The van der Waals surface area contributed by atoms with E-state index in [1.165, 1.54) is 0 Å². The van der Waals surface area contributed by atoms with Crippen molar-refractivity contribution in [2.24, 2.45) is 5.73 Å². The molecule has 1 aromatic carbocycles. The van der Waals surface area contributed by atoms with Gasteiger partial charge in [-0.1, -0.05) is 37.3 Å². The molecule has 0 aliphatic carbocycles. The first-order valence-electron chi connectivity index (χ1n) is 6.95. The molecule has 0 saturated heterocycles. The van der Waals surface area contributed by atoms with Crippen molar-refractivity contribution < 1.29 is 19.4 Å². The summed E-state index contributed by atoms with van der Waals surface area (Å²) >= 11 is 0. The Morgan fingerprint density at radius 1 is 1.33 bits per heavy atom. The highest BCUT2D eigenvalue weighted by molar-refractivity contribution is 5.86. The molecule has 1 amide bonds. The third kappa shape index (κ3) is 6.37. The number of ketones is 1. The summed E-state index contributed by atoms with van der Waals surface area (Å²) in [7, 11) is 0. The molecule has 0 aromatic heterocycles. The fourth-order valence-corrected chi connectivity index (χ4v) is 1.63. The van der Waals surface area contributed by atoms with Crippen LogP contribution in [0.15, 0.2) is 30.3 Å². The maximum atomic E-state index is 11.5. The molecule has 0 radical (unpaired) electrons. The number of rotatable bonds is 8. The number of hydrogen-bond donors (Lipinski definition) is 3. The van der Waals surface area contributed by atoms with Gasteiger partial charge in [-0.2, -0.15) is 0 Å². The molecule has 1 rings (SSSR count). The molecular formula is C15H22N2O4. The zero-order valence-electron chi connectivity index (χ0n) is 12.2. The normalized spacial score (nSPS) is 13.3. The number of nitrogens with one attached hydrogen (secondary N) is 1. The van der Waals surface area contributed by atoms with Gasteiger partial charge in [0.15, 0.2) is 11.5 Å². The van der Waals surface area contributed by atoms with Gasteiger partial charge >= 0.3 is 6.09 Å². The standard InChI is InChI=1S/C15H22N2O4/c1-2-15(16,20)13(18)9-6-10-17-14(19)21-11-12-7-4-3-5-8-12/h3-5,7-8,20H,2,6,9-11,16H2,1H3,(H,17,19). The van der Waals surface area contributed by atoms with Crippen molar-refractivity contribution in [3.8, 4) is 0 Å². The van der Waals surface area contributed by atoms with Crippen LogP contribution >= 0.6 is 0 Å². The molecule has 0 aliphatic heterocycles. The molecule has 21 heavy (non-hydrogen) atoms. The van der Waals surface area contributed by atoms with E-state index in [0.717, 1.165) is 5.56 Å². The topological polar surface area (TPSA) is 102 Å². The van der Waals surface area contributed by atoms with Crippen molar-refractivity contribution >= 4 is 11.9 Å². The van der Waals surface area contributed by atoms with Crippen molar-refractivity contribution in [2.45, 2.75) is 38.5 Å². The molecule has 4 N–H and O–H groups in total. The number of aliphatic hydroxyl groups is 1. The van der Waals surface area contributed by atoms with Gasteiger partial charge in [0.25, 0.3) is 0 Å². The van der Waals surface area contributed by atoms with E-state index in [4.69, 9.17) is 10.5 Å². The summed E-state index contributed by atoms with van der Waals surface area (Å²) in [5, 5.41) is 12.1. The van der Waals surface area contributed by atoms with Gasteiger partial charge in [0, 0.05) is 13.0 Å². The monoisotopic (exact) mass is 294 g/mol. The van der Waals surface area contributed by atoms with Crippen molar-refractivity contribution in [3.63, 3.8) is 0 Å². The van der Waals surface area contributed by atoms with E-state index in [1.54, 1.807) is 6.92 Å². The van der Waals surface area contributed by atoms with Gasteiger partial charge in [-0.05, 0) is 18.4 Å². The lowest BCUT2D eigenvalue weighted by molar-refractivity contribution is -0.137. The third-order valence-corrected chi connectivity index (χ3v) is 3.08. The average molecular weight is 294 g/mol. The van der Waals surface area contributed by atoms with Crippen LogP contribution in [0.5, 0.6) is 0 Å². The summed E-state index contributed by atoms with van der Waals surface area (Å²) in [6, 6.07) is 9.33. The Labute approximate surface area is 124 Å². The molecular weight excluding hydrogens is 272 g/mol. The Morgan fingerprint density at radius 3 is 2.62 bits per heavy atom. The highest BCUT2D eigenvalue weighted by atomic mass is 16.5. The molecule has 116 valence electrons. The summed E-state index contributed by atoms with van der Waals surface area (Å²) in [6.07, 6.45) is 0.140. The van der Waals surface area contributed by atoms with Crippen LogP contribution < -0.4 is 11.1 Å². The Balaban J connectivity index is 2.15. The van der Waals surface area contributed by atoms with Crippen LogP contribution in [0.25, 0.3) is 0 Å². The van der Waals surface area contributed by atoms with E-state index in [2.05, 4.69) is 5.32 Å². The third-order valence-electron chi connectivity index (χ3n) is 3.08. The summed E-state index contributed by atoms with van der Waals surface area (Å²) in [6.45, 7) is 2.13. The number of benzene rings is 1. The number of Topliss-reactive ketones (excluding diaryl/α,β-unsaturated/α-hetero) is 1. The second-order valence-electron chi connectivity index (χ2n) is 4.79. The van der Waals surface area contributed by atoms with Gasteiger partial charge < -0.3 is 15.2 Å². The summed E-state index contributed by atoms with van der Waals surface area (Å²) < 4.78 is 5.01. The number of hydrogen-bond acceptors (Lipinski definition) is 5. The number of ether oxygens (including phenoxy) is 1. The van der Waals surface area contributed by atoms with Gasteiger partial charge in [-0.3, -0.25) is 10.5 Å². The second kappa shape index (κ2) is 8.39. The minimum absolute atomic E-state index is 0.111. The largest absolute Gasteiger partial charge is 0.445 e. The van der Waals surface area contributed by atoms with E-state index >= 15 is 0 Å². The van der Waals surface area contributed by atoms with E-state index in [0.29, 0.717) is 13.0 Å². The molecule has 0 aliphatic rings. The van der Waals surface area contributed by atoms with E-state index in [9.17, 15) is 14.7 Å². The Hall–Kier alpha value is -1.92. The number of amides is 1. The van der Waals surface area contributed by atoms with Crippen LogP contribution in [0.1, 0.15) is 31.7 Å². The maximum absolute atomic E-state index is 11.5. The molecule has 0 bridgehead atoms. The van der Waals surface area contributed by atoms with Crippen LogP contribution in [-0.4, -0.2) is 29.3 Å². The van der Waals surface area contributed by atoms with Gasteiger partial charge in [0.05, 0.1) is 0 Å². The zero-order chi connectivity index (χ0) is 15.7. The summed E-state index contributed by atoms with van der Waals surface area (Å²) in [5.74, 6) is -0.426. The Bertz CT molecular complexity index is 460. The molecule has 0 fully saturated rings. The van der Waals surface area contributed by atoms with Crippen molar-refractivity contribution in [1.82, 2.24) is 5.32 Å². The SMILES string of the molecule is CCC(N)(O)C(=O)CCCNC(=O)OCc1ccccc1. The predicted molar refractivity (Wildman–Crippen MR) is 78.3 cm³/mol. The first-order chi connectivity index (χ1) is 9.95. The highest BCUT2D eigenvalue weighted by Crippen LogP contribution is 2.07. The minimum atomic E-state index is -1.77. The molecule has 0 spiro atoms. The molecule has 0 heterocycles. The van der Waals surface area contributed by atoms with Crippen LogP contribution in [0.2, 0.25) is 0 Å². The second-order valence-corrected chi connectivity index (χ2v) is 4.79. The van der Waals surface area contributed by atoms with Crippen LogP contribution in [0.3, 0.4) is 0 Å². The van der Waals surface area contributed by atoms with E-state index in [1.807, 2.05) is 30.3 Å². The molecule has 0 saturated carbocycles. The van der Waals surface area contributed by atoms with Crippen molar-refractivity contribution in [2.75, 3.05) is 6.54 Å². The van der Waals surface area contributed by atoms with Gasteiger partial charge in [-0.15, -0.1) is 0 Å². The lowest BCUT2D eigenvalue weighted by Crippen LogP contribution is -2.47. The average Bonchev–Trinajstić information content (AvgIpc) is 2.50. The zero-order valence-corrected chi connectivity index (χ0v) is 12.2. The van der Waals surface area contributed by atoms with Crippen molar-refractivity contribution in [1.29, 1.82) is 0 Å². The van der Waals surface area contributed by atoms with Gasteiger partial charge in [0.2, 0.25) is 0 Å². The minimum Gasteiger partial charge on any atom is -0.445 e. The summed E-state index contributed by atoms with van der Waals surface area (Å²) in [4.78, 5) is 23.0. The fraction of sp³-hybridized carbons (Fsp3) is 0.467. The highest BCUT2D eigenvalue weighted by Gasteiger charge is 2.27. The number of alkyl carbamates (subject to hydrolysis) is 1. The maximum Gasteiger partial charge on any atom is 0.407 e. The fourth-order valence-electron chi connectivity index (χ4n) is 1.63. The number of nitrogens with two attached hydrogens (primary N) is 1. The number of carbonyl (C=O) groups excluding carboxylic acids is 2. The van der Waals surface area contributed by atoms with Crippen LogP contribution in [0, 0.1) is 0 Å². The lowest BCUT2D eigenvalue weighted by atomic mass is 10.0. The predicted octanol–water partition coefficient (Wildman–Crippen LogP) is 1.32. The van der Waals surface area contributed by atoms with Crippen molar-refractivity contribution in [3.05, 3.63) is 35.9 Å². The van der Waals surface area contributed by atoms with Gasteiger partial charge in [-0.25, -0.2) is 4.79 Å². The Morgan fingerprint density at radius 2 is 2.00 bits per heavy atom. The first-order valence-corrected chi connectivity index (χ1v) is 6.95. The van der Waals surface area contributed by atoms with Crippen LogP contribution in [0.4, 0.5) is 4.79 Å². The first kappa shape index (κ1) is 17.1.